The third kappa shape index (κ3) is 6.36. The van der Waals surface area contributed by atoms with Crippen molar-refractivity contribution in [2.75, 3.05) is 10.8 Å². The van der Waals surface area contributed by atoms with Crippen LogP contribution in [-0.2, 0) is 20.2 Å². The maximum absolute atomic E-state index is 13.5. The second-order valence-electron chi connectivity index (χ2n) is 9.67. The van der Waals surface area contributed by atoms with Crippen LogP contribution >= 0.6 is 0 Å². The van der Waals surface area contributed by atoms with Crippen LogP contribution < -0.4 is 9.73 Å². The Morgan fingerprint density at radius 2 is 1.57 bits per heavy atom. The van der Waals surface area contributed by atoms with E-state index >= 15 is 0 Å². The van der Waals surface area contributed by atoms with Crippen molar-refractivity contribution in [3.05, 3.63) is 95.1 Å². The molecule has 6 nitrogen and oxygen atoms in total. The van der Waals surface area contributed by atoms with Crippen molar-refractivity contribution in [3.8, 4) is 0 Å². The molecule has 35 heavy (non-hydrogen) atoms. The van der Waals surface area contributed by atoms with Crippen LogP contribution in [0.25, 0.3) is 0 Å². The van der Waals surface area contributed by atoms with E-state index in [2.05, 4.69) is 31.3 Å². The number of hydrogen-bond donors (Lipinski definition) is 1. The molecule has 1 amide bonds. The van der Waals surface area contributed by atoms with Gasteiger partial charge in [-0.05, 0) is 66.6 Å². The Bertz CT molecular complexity index is 1320. The maximum Gasteiger partial charge on any atom is 0.264 e. The van der Waals surface area contributed by atoms with Gasteiger partial charge < -0.3 is 0 Å². The number of amides is 1. The number of rotatable bonds is 7. The molecule has 3 aromatic rings. The summed E-state index contributed by atoms with van der Waals surface area (Å²) in [6, 6.07) is 21.7. The second-order valence-corrected chi connectivity index (χ2v) is 11.5. The van der Waals surface area contributed by atoms with Crippen LogP contribution in [0.2, 0.25) is 0 Å². The molecule has 0 aliphatic heterocycles. The molecule has 0 heterocycles. The molecule has 0 spiro atoms. The van der Waals surface area contributed by atoms with Crippen molar-refractivity contribution >= 4 is 27.3 Å². The summed E-state index contributed by atoms with van der Waals surface area (Å²) >= 11 is 0. The number of carbonyl (C=O) groups is 1. The highest BCUT2D eigenvalue weighted by molar-refractivity contribution is 7.92. The van der Waals surface area contributed by atoms with Crippen molar-refractivity contribution in [1.29, 1.82) is 0 Å². The Balaban J connectivity index is 1.86. The molecule has 0 aromatic heterocycles. The number of sulfonamides is 1. The van der Waals surface area contributed by atoms with Crippen molar-refractivity contribution < 1.29 is 13.2 Å². The molecular weight excluding hydrogens is 458 g/mol. The van der Waals surface area contributed by atoms with Crippen LogP contribution in [0.5, 0.6) is 0 Å². The minimum Gasteiger partial charge on any atom is -0.271 e. The number of nitrogens with zero attached hydrogens (tertiary/aromatic N) is 2. The minimum absolute atomic E-state index is 0.0411. The lowest BCUT2D eigenvalue weighted by Gasteiger charge is -2.25. The molecule has 0 bridgehead atoms. The summed E-state index contributed by atoms with van der Waals surface area (Å²) in [7, 11) is -3.97. The third-order valence-corrected chi connectivity index (χ3v) is 7.54. The van der Waals surface area contributed by atoms with Gasteiger partial charge in [0.1, 0.15) is 6.54 Å². The van der Waals surface area contributed by atoms with Gasteiger partial charge in [-0.1, -0.05) is 75.4 Å². The van der Waals surface area contributed by atoms with E-state index < -0.39 is 22.5 Å². The highest BCUT2D eigenvalue weighted by atomic mass is 32.2. The van der Waals surface area contributed by atoms with Gasteiger partial charge in [0, 0.05) is 0 Å². The molecule has 0 aliphatic carbocycles. The van der Waals surface area contributed by atoms with Gasteiger partial charge in [-0.15, -0.1) is 0 Å². The summed E-state index contributed by atoms with van der Waals surface area (Å²) < 4.78 is 28.2. The van der Waals surface area contributed by atoms with Crippen LogP contribution in [0.3, 0.4) is 0 Å². The monoisotopic (exact) mass is 491 g/mol. The number of carbonyl (C=O) groups excluding carboxylic acids is 1. The lowest BCUT2D eigenvalue weighted by Crippen LogP contribution is -2.40. The first kappa shape index (κ1) is 26.2. The number of aryl methyl sites for hydroxylation is 2. The summed E-state index contributed by atoms with van der Waals surface area (Å²) in [5.74, 6) is -0.531. The van der Waals surface area contributed by atoms with Gasteiger partial charge in [0.25, 0.3) is 15.9 Å². The predicted molar refractivity (Wildman–Crippen MR) is 142 cm³/mol. The predicted octanol–water partition coefficient (Wildman–Crippen LogP) is 5.34. The molecule has 0 saturated carbocycles. The van der Waals surface area contributed by atoms with Gasteiger partial charge >= 0.3 is 0 Å². The maximum atomic E-state index is 13.5. The van der Waals surface area contributed by atoms with Crippen molar-refractivity contribution in [3.63, 3.8) is 0 Å². The highest BCUT2D eigenvalue weighted by Crippen LogP contribution is 2.28. The second kappa shape index (κ2) is 10.4. The molecule has 0 fully saturated rings. The Morgan fingerprint density at radius 1 is 0.943 bits per heavy atom. The molecule has 1 N–H and O–H groups in total. The molecule has 184 valence electrons. The van der Waals surface area contributed by atoms with Gasteiger partial charge in [-0.25, -0.2) is 13.8 Å². The van der Waals surface area contributed by atoms with Crippen molar-refractivity contribution in [2.45, 2.75) is 51.9 Å². The van der Waals surface area contributed by atoms with Gasteiger partial charge in [0.15, 0.2) is 0 Å². The highest BCUT2D eigenvalue weighted by Gasteiger charge is 2.28. The van der Waals surface area contributed by atoms with E-state index in [0.29, 0.717) is 11.4 Å². The van der Waals surface area contributed by atoms with Gasteiger partial charge in [0.2, 0.25) is 0 Å². The summed E-state index contributed by atoms with van der Waals surface area (Å²) in [4.78, 5) is 13.0. The quantitative estimate of drug-likeness (QED) is 0.358. The fourth-order valence-electron chi connectivity index (χ4n) is 3.60. The first-order chi connectivity index (χ1) is 16.4. The average Bonchev–Trinajstić information content (AvgIpc) is 2.82. The zero-order valence-corrected chi connectivity index (χ0v) is 22.0. The number of benzene rings is 3. The summed E-state index contributed by atoms with van der Waals surface area (Å²) in [6.45, 7) is 11.5. The van der Waals surface area contributed by atoms with Crippen LogP contribution in [-0.4, -0.2) is 26.6 Å². The van der Waals surface area contributed by atoms with E-state index in [1.807, 2.05) is 50.2 Å². The van der Waals surface area contributed by atoms with Crippen LogP contribution in [0, 0.1) is 13.8 Å². The van der Waals surface area contributed by atoms with Crippen LogP contribution in [0.15, 0.2) is 82.8 Å². The number of hydrazone groups is 1. The van der Waals surface area contributed by atoms with Crippen molar-refractivity contribution in [1.82, 2.24) is 5.43 Å². The first-order valence-corrected chi connectivity index (χ1v) is 12.9. The van der Waals surface area contributed by atoms with Crippen LogP contribution in [0.1, 0.15) is 49.9 Å². The molecule has 0 aliphatic rings. The van der Waals surface area contributed by atoms with Crippen molar-refractivity contribution in [2.24, 2.45) is 5.10 Å². The molecule has 0 saturated heterocycles. The zero-order valence-electron chi connectivity index (χ0n) is 21.2. The lowest BCUT2D eigenvalue weighted by molar-refractivity contribution is -0.119. The Labute approximate surface area is 208 Å². The normalized spacial score (nSPS) is 12.3. The first-order valence-electron chi connectivity index (χ1n) is 11.5. The van der Waals surface area contributed by atoms with Gasteiger partial charge in [0.05, 0.1) is 16.3 Å². The Hall–Kier alpha value is -3.45. The molecule has 3 rings (SSSR count). The van der Waals surface area contributed by atoms with E-state index in [1.165, 1.54) is 17.7 Å². The van der Waals surface area contributed by atoms with E-state index in [9.17, 15) is 13.2 Å². The Kier molecular flexibility index (Phi) is 7.80. The molecular formula is C28H33N3O3S. The molecule has 0 atom stereocenters. The van der Waals surface area contributed by atoms with E-state index in [0.717, 1.165) is 21.0 Å². The van der Waals surface area contributed by atoms with Gasteiger partial charge in [-0.2, -0.15) is 5.10 Å². The largest absolute Gasteiger partial charge is 0.271 e. The summed E-state index contributed by atoms with van der Waals surface area (Å²) in [6.07, 6.45) is 0. The van der Waals surface area contributed by atoms with Crippen LogP contribution in [0.4, 0.5) is 5.69 Å². The molecule has 0 unspecified atom stereocenters. The average molecular weight is 492 g/mol. The lowest BCUT2D eigenvalue weighted by atomic mass is 9.86. The number of anilines is 1. The zero-order chi connectivity index (χ0) is 25.8. The standard InChI is InChI=1S/C28H33N3O3S/c1-20-12-13-21(2)26(18-20)31(35(33,34)25-10-8-7-9-11-25)19-27(32)30-29-22(3)23-14-16-24(17-15-23)28(4,5)6/h7-18H,19H2,1-6H3,(H,30,32)/b29-22-. The molecule has 7 heteroatoms. The van der Waals surface area contributed by atoms with Gasteiger partial charge in [-0.3, -0.25) is 9.10 Å². The smallest absolute Gasteiger partial charge is 0.264 e. The van der Waals surface area contributed by atoms with E-state index in [1.54, 1.807) is 31.2 Å². The molecule has 0 radical (unpaired) electrons. The topological polar surface area (TPSA) is 78.8 Å². The SMILES string of the molecule is C/C(=N/NC(=O)CN(c1cc(C)ccc1C)S(=O)(=O)c1ccccc1)c1ccc(C(C)(C)C)cc1. The number of hydrogen-bond acceptors (Lipinski definition) is 4. The summed E-state index contributed by atoms with van der Waals surface area (Å²) in [5.41, 5.74) is 7.38. The number of nitrogens with one attached hydrogen (secondary N) is 1. The Morgan fingerprint density at radius 3 is 2.17 bits per heavy atom. The fourth-order valence-corrected chi connectivity index (χ4v) is 5.09. The van der Waals surface area contributed by atoms with E-state index in [4.69, 9.17) is 0 Å². The third-order valence-electron chi connectivity index (χ3n) is 5.77. The van der Waals surface area contributed by atoms with E-state index in [-0.39, 0.29) is 10.3 Å². The summed E-state index contributed by atoms with van der Waals surface area (Å²) in [5, 5.41) is 4.22. The minimum atomic E-state index is -3.97. The molecule has 3 aromatic carbocycles. The fraction of sp³-hybridized carbons (Fsp3) is 0.286.